The number of rotatable bonds is 5. The van der Waals surface area contributed by atoms with E-state index in [4.69, 9.17) is 21.1 Å². The van der Waals surface area contributed by atoms with Gasteiger partial charge >= 0.3 is 0 Å². The summed E-state index contributed by atoms with van der Waals surface area (Å²) in [4.78, 5) is 23.3. The first-order chi connectivity index (χ1) is 13.5. The Morgan fingerprint density at radius 2 is 2.00 bits per heavy atom. The fraction of sp³-hybridized carbons (Fsp3) is 0.211. The summed E-state index contributed by atoms with van der Waals surface area (Å²) < 4.78 is 10.3. The largest absolute Gasteiger partial charge is 0.502 e. The Labute approximate surface area is 171 Å². The zero-order valence-electron chi connectivity index (χ0n) is 15.5. The molecule has 0 saturated carbocycles. The molecule has 1 aromatic heterocycles. The third-order valence-corrected chi connectivity index (χ3v) is 5.27. The van der Waals surface area contributed by atoms with E-state index in [-0.39, 0.29) is 23.2 Å². The normalized spacial score (nSPS) is 16.9. The summed E-state index contributed by atoms with van der Waals surface area (Å²) in [5.41, 5.74) is 1.20. The molecular weight excluding hydrogens is 402 g/mol. The number of pyridine rings is 1. The van der Waals surface area contributed by atoms with Crippen LogP contribution in [0.4, 0.5) is 5.69 Å². The van der Waals surface area contributed by atoms with Crippen molar-refractivity contribution in [2.24, 2.45) is 4.99 Å². The Balaban J connectivity index is 2.00. The van der Waals surface area contributed by atoms with E-state index in [2.05, 4.69) is 9.98 Å². The van der Waals surface area contributed by atoms with E-state index in [9.17, 15) is 9.90 Å². The van der Waals surface area contributed by atoms with Crippen LogP contribution in [0.15, 0.2) is 40.5 Å². The van der Waals surface area contributed by atoms with Crippen LogP contribution in [-0.2, 0) is 4.79 Å². The minimum Gasteiger partial charge on any atom is -0.502 e. The number of amidine groups is 1. The zero-order valence-corrected chi connectivity index (χ0v) is 17.0. The van der Waals surface area contributed by atoms with Crippen LogP contribution in [-0.4, -0.2) is 46.8 Å². The molecule has 0 atom stereocenters. The number of ether oxygens (including phenoxy) is 2. The maximum absolute atomic E-state index is 12.8. The van der Waals surface area contributed by atoms with Crippen molar-refractivity contribution < 1.29 is 19.4 Å². The monoisotopic (exact) mass is 419 g/mol. The van der Waals surface area contributed by atoms with Crippen LogP contribution >= 0.6 is 23.4 Å². The first-order valence-corrected chi connectivity index (χ1v) is 9.52. The van der Waals surface area contributed by atoms with Gasteiger partial charge < -0.3 is 14.6 Å². The number of benzene rings is 1. The number of thioether (sulfide) groups is 1. The van der Waals surface area contributed by atoms with Gasteiger partial charge in [0.25, 0.3) is 5.91 Å². The molecule has 3 rings (SSSR count). The topological polar surface area (TPSA) is 84.2 Å². The van der Waals surface area contributed by atoms with Gasteiger partial charge in [0.2, 0.25) is 5.75 Å². The number of carbonyl (C=O) groups is 1. The molecule has 2 heterocycles. The number of hydrogen-bond donors (Lipinski definition) is 1. The summed E-state index contributed by atoms with van der Waals surface area (Å²) in [7, 11) is 2.89. The van der Waals surface area contributed by atoms with Crippen molar-refractivity contribution in [3.63, 3.8) is 0 Å². The lowest BCUT2D eigenvalue weighted by atomic mass is 10.1. The second kappa shape index (κ2) is 8.53. The number of nitrogens with zero attached hydrogens (tertiary/aromatic N) is 3. The Kier molecular flexibility index (Phi) is 6.11. The molecule has 0 spiro atoms. The van der Waals surface area contributed by atoms with Crippen molar-refractivity contribution in [1.29, 1.82) is 0 Å². The molecule has 1 aliphatic rings. The number of amides is 1. The van der Waals surface area contributed by atoms with Gasteiger partial charge in [-0.1, -0.05) is 11.6 Å². The SMILES string of the molecule is CCN1C(=O)/C(=C/c2cc(OC)c(O)c(OC)c2)SC1=Nc1ccncc1Cl. The molecule has 146 valence electrons. The third-order valence-electron chi connectivity index (χ3n) is 3.97. The van der Waals surface area contributed by atoms with Gasteiger partial charge in [-0.05, 0) is 48.5 Å². The standard InChI is InChI=1S/C19H18ClN3O4S/c1-4-23-18(25)16(28-19(23)22-13-5-6-21-10-12(13)20)9-11-7-14(26-2)17(24)15(8-11)27-3/h5-10,24H,4H2,1-3H3/b16-9-,22-19?. The third kappa shape index (κ3) is 3.93. The molecule has 1 fully saturated rings. The number of halogens is 1. The molecule has 1 aromatic carbocycles. The summed E-state index contributed by atoms with van der Waals surface area (Å²) in [6.07, 6.45) is 4.80. The van der Waals surface area contributed by atoms with Crippen molar-refractivity contribution in [3.05, 3.63) is 46.1 Å². The summed E-state index contributed by atoms with van der Waals surface area (Å²) >= 11 is 7.37. The highest BCUT2D eigenvalue weighted by Crippen LogP contribution is 2.40. The second-order valence-electron chi connectivity index (χ2n) is 5.66. The first kappa shape index (κ1) is 20.0. The van der Waals surface area contributed by atoms with Gasteiger partial charge in [0.15, 0.2) is 16.7 Å². The van der Waals surface area contributed by atoms with E-state index in [0.717, 1.165) is 0 Å². The number of methoxy groups -OCH3 is 2. The summed E-state index contributed by atoms with van der Waals surface area (Å²) in [6.45, 7) is 2.34. The van der Waals surface area contributed by atoms with Crippen LogP contribution < -0.4 is 9.47 Å². The van der Waals surface area contributed by atoms with Crippen molar-refractivity contribution in [1.82, 2.24) is 9.88 Å². The maximum Gasteiger partial charge on any atom is 0.266 e. The van der Waals surface area contributed by atoms with Gasteiger partial charge in [0.05, 0.1) is 29.8 Å². The van der Waals surface area contributed by atoms with Gasteiger partial charge in [-0.25, -0.2) is 4.99 Å². The molecule has 9 heteroatoms. The molecule has 2 aromatic rings. The van der Waals surface area contributed by atoms with E-state index in [1.807, 2.05) is 6.92 Å². The van der Waals surface area contributed by atoms with E-state index in [1.165, 1.54) is 32.2 Å². The molecule has 0 bridgehead atoms. The molecule has 1 N–H and O–H groups in total. The minimum atomic E-state index is -0.164. The zero-order chi connectivity index (χ0) is 20.3. The molecule has 1 saturated heterocycles. The fourth-order valence-corrected chi connectivity index (χ4v) is 3.80. The van der Waals surface area contributed by atoms with Gasteiger partial charge in [-0.3, -0.25) is 14.7 Å². The Morgan fingerprint density at radius 1 is 1.32 bits per heavy atom. The molecule has 28 heavy (non-hydrogen) atoms. The molecule has 0 unspecified atom stereocenters. The molecule has 0 radical (unpaired) electrons. The van der Waals surface area contributed by atoms with E-state index < -0.39 is 0 Å². The number of hydrogen-bond acceptors (Lipinski definition) is 7. The Hall–Kier alpha value is -2.71. The lowest BCUT2D eigenvalue weighted by molar-refractivity contribution is -0.122. The second-order valence-corrected chi connectivity index (χ2v) is 7.07. The predicted octanol–water partition coefficient (Wildman–Crippen LogP) is 4.08. The number of phenolic OH excluding ortho intramolecular Hbond substituents is 1. The van der Waals surface area contributed by atoms with Crippen molar-refractivity contribution in [2.75, 3.05) is 20.8 Å². The van der Waals surface area contributed by atoms with E-state index in [1.54, 1.807) is 35.4 Å². The fourth-order valence-electron chi connectivity index (χ4n) is 2.58. The number of aromatic hydroxyl groups is 1. The number of likely N-dealkylation sites (N-methyl/N-ethyl adjacent to an activating group) is 1. The minimum absolute atomic E-state index is 0.0951. The van der Waals surface area contributed by atoms with Crippen LogP contribution in [0.1, 0.15) is 12.5 Å². The number of aromatic nitrogens is 1. The van der Waals surface area contributed by atoms with Crippen LogP contribution in [0.5, 0.6) is 17.2 Å². The average Bonchev–Trinajstić information content (AvgIpc) is 2.99. The molecule has 1 amide bonds. The smallest absolute Gasteiger partial charge is 0.266 e. The summed E-state index contributed by atoms with van der Waals surface area (Å²) in [5.74, 6) is 0.252. The van der Waals surface area contributed by atoms with Crippen LogP contribution in [0.25, 0.3) is 6.08 Å². The quantitative estimate of drug-likeness (QED) is 0.735. The Bertz CT molecular complexity index is 952. The molecule has 0 aliphatic carbocycles. The lowest BCUT2D eigenvalue weighted by Crippen LogP contribution is -2.28. The highest BCUT2D eigenvalue weighted by Gasteiger charge is 2.32. The van der Waals surface area contributed by atoms with E-state index >= 15 is 0 Å². The van der Waals surface area contributed by atoms with Gasteiger partial charge in [0.1, 0.15) is 0 Å². The van der Waals surface area contributed by atoms with Crippen LogP contribution in [0.2, 0.25) is 5.02 Å². The van der Waals surface area contributed by atoms with Crippen molar-refractivity contribution >= 4 is 46.2 Å². The molecular formula is C19H18ClN3O4S. The predicted molar refractivity (Wildman–Crippen MR) is 111 cm³/mol. The van der Waals surface area contributed by atoms with Crippen LogP contribution in [0, 0.1) is 0 Å². The molecule has 1 aliphatic heterocycles. The van der Waals surface area contributed by atoms with Gasteiger partial charge in [-0.2, -0.15) is 0 Å². The summed E-state index contributed by atoms with van der Waals surface area (Å²) in [5, 5.41) is 11.0. The number of phenols is 1. The number of aliphatic imine (C=N–C) groups is 1. The number of carbonyl (C=O) groups excluding carboxylic acids is 1. The highest BCUT2D eigenvalue weighted by molar-refractivity contribution is 8.18. The van der Waals surface area contributed by atoms with E-state index in [0.29, 0.717) is 32.9 Å². The summed E-state index contributed by atoms with van der Waals surface area (Å²) in [6, 6.07) is 4.94. The maximum atomic E-state index is 12.8. The van der Waals surface area contributed by atoms with Crippen molar-refractivity contribution in [2.45, 2.75) is 6.92 Å². The highest BCUT2D eigenvalue weighted by atomic mass is 35.5. The Morgan fingerprint density at radius 3 is 2.57 bits per heavy atom. The van der Waals surface area contributed by atoms with Crippen molar-refractivity contribution in [3.8, 4) is 17.2 Å². The average molecular weight is 420 g/mol. The lowest BCUT2D eigenvalue weighted by Gasteiger charge is -2.12. The van der Waals surface area contributed by atoms with Crippen LogP contribution in [0.3, 0.4) is 0 Å². The van der Waals surface area contributed by atoms with Gasteiger partial charge in [0, 0.05) is 18.9 Å². The first-order valence-electron chi connectivity index (χ1n) is 8.33. The van der Waals surface area contributed by atoms with Gasteiger partial charge in [-0.15, -0.1) is 0 Å². The molecule has 7 nitrogen and oxygen atoms in total.